The number of nitrogens with zero attached hydrogens (tertiary/aromatic N) is 3. The predicted molar refractivity (Wildman–Crippen MR) is 112 cm³/mol. The quantitative estimate of drug-likeness (QED) is 0.574. The predicted octanol–water partition coefficient (Wildman–Crippen LogP) is 4.39. The van der Waals surface area contributed by atoms with Gasteiger partial charge < -0.3 is 19.5 Å². The molecule has 0 radical (unpaired) electrons. The van der Waals surface area contributed by atoms with E-state index in [0.29, 0.717) is 58.7 Å². The van der Waals surface area contributed by atoms with Crippen molar-refractivity contribution >= 4 is 16.7 Å². The Bertz CT molecular complexity index is 1100. The summed E-state index contributed by atoms with van der Waals surface area (Å²) < 4.78 is 55.7. The summed E-state index contributed by atoms with van der Waals surface area (Å²) in [7, 11) is 1.56. The van der Waals surface area contributed by atoms with E-state index in [1.807, 2.05) is 0 Å². The van der Waals surface area contributed by atoms with E-state index in [2.05, 4.69) is 20.3 Å². The van der Waals surface area contributed by atoms with E-state index in [1.54, 1.807) is 26.2 Å². The van der Waals surface area contributed by atoms with E-state index in [9.17, 15) is 13.2 Å². The van der Waals surface area contributed by atoms with Crippen molar-refractivity contribution in [1.29, 1.82) is 0 Å². The van der Waals surface area contributed by atoms with E-state index >= 15 is 0 Å². The van der Waals surface area contributed by atoms with Crippen LogP contribution in [0.4, 0.5) is 19.0 Å². The van der Waals surface area contributed by atoms with Crippen LogP contribution in [0, 0.1) is 12.8 Å². The maximum Gasteiger partial charge on any atom is 0.433 e. The van der Waals surface area contributed by atoms with Crippen LogP contribution in [0.15, 0.2) is 30.5 Å². The molecule has 0 spiro atoms. The molecule has 32 heavy (non-hydrogen) atoms. The van der Waals surface area contributed by atoms with Gasteiger partial charge in [-0.3, -0.25) is 4.98 Å². The highest BCUT2D eigenvalue weighted by atomic mass is 19.4. The number of rotatable bonds is 7. The van der Waals surface area contributed by atoms with Gasteiger partial charge in [0.25, 0.3) is 0 Å². The average Bonchev–Trinajstić information content (AvgIpc) is 3.28. The van der Waals surface area contributed by atoms with Crippen LogP contribution < -0.4 is 14.8 Å². The molecule has 1 aromatic carbocycles. The molecule has 1 N–H and O–H groups in total. The third-order valence-electron chi connectivity index (χ3n) is 5.17. The molecule has 2 aromatic heterocycles. The fourth-order valence-electron chi connectivity index (χ4n) is 3.51. The largest absolute Gasteiger partial charge is 0.493 e. The first-order valence-electron chi connectivity index (χ1n) is 10.2. The zero-order chi connectivity index (χ0) is 22.7. The van der Waals surface area contributed by atoms with Gasteiger partial charge in [-0.1, -0.05) is 0 Å². The summed E-state index contributed by atoms with van der Waals surface area (Å²) in [6, 6.07) is 6.10. The van der Waals surface area contributed by atoms with Crippen molar-refractivity contribution < 1.29 is 27.4 Å². The summed E-state index contributed by atoms with van der Waals surface area (Å²) in [5.74, 6) is 2.42. The van der Waals surface area contributed by atoms with Gasteiger partial charge in [-0.25, -0.2) is 9.97 Å². The summed E-state index contributed by atoms with van der Waals surface area (Å²) in [5.41, 5.74) is 0.138. The van der Waals surface area contributed by atoms with Crippen molar-refractivity contribution in [1.82, 2.24) is 15.0 Å². The molecule has 1 atom stereocenters. The summed E-state index contributed by atoms with van der Waals surface area (Å²) in [5, 5.41) is 3.80. The fourth-order valence-corrected chi connectivity index (χ4v) is 3.51. The van der Waals surface area contributed by atoms with Gasteiger partial charge >= 0.3 is 6.18 Å². The second-order valence-electron chi connectivity index (χ2n) is 7.58. The molecule has 3 aromatic rings. The number of pyridine rings is 1. The van der Waals surface area contributed by atoms with Crippen LogP contribution in [0.3, 0.4) is 0 Å². The lowest BCUT2D eigenvalue weighted by molar-refractivity contribution is -0.141. The van der Waals surface area contributed by atoms with Crippen molar-refractivity contribution in [3.05, 3.63) is 47.5 Å². The lowest BCUT2D eigenvalue weighted by Gasteiger charge is -2.16. The molecule has 1 aliphatic rings. The van der Waals surface area contributed by atoms with Gasteiger partial charge in [-0.05, 0) is 37.1 Å². The van der Waals surface area contributed by atoms with Crippen LogP contribution in [-0.4, -0.2) is 41.9 Å². The molecule has 0 bridgehead atoms. The number of benzene rings is 1. The van der Waals surface area contributed by atoms with E-state index in [0.717, 1.165) is 25.3 Å². The molecule has 1 aliphatic heterocycles. The highest BCUT2D eigenvalue weighted by Crippen LogP contribution is 2.35. The number of hydrogen-bond acceptors (Lipinski definition) is 7. The molecular weight excluding hydrogens is 425 g/mol. The SMILES string of the molecule is COc1cc2nc(C)nc(NCc3ccnc(C(F)(F)F)c3)c2cc1OC[C@H]1CCOC1. The maximum absolute atomic E-state index is 13.0. The van der Waals surface area contributed by atoms with Crippen LogP contribution in [0.25, 0.3) is 10.9 Å². The maximum atomic E-state index is 13.0. The Kier molecular flexibility index (Phi) is 6.31. The average molecular weight is 448 g/mol. The Hall–Kier alpha value is -3.14. The van der Waals surface area contributed by atoms with E-state index in [4.69, 9.17) is 14.2 Å². The number of methoxy groups -OCH3 is 1. The van der Waals surface area contributed by atoms with Gasteiger partial charge in [0.1, 0.15) is 17.3 Å². The van der Waals surface area contributed by atoms with Gasteiger partial charge in [-0.2, -0.15) is 13.2 Å². The van der Waals surface area contributed by atoms with Crippen LogP contribution in [0.1, 0.15) is 23.5 Å². The molecule has 170 valence electrons. The molecule has 0 unspecified atom stereocenters. The zero-order valence-electron chi connectivity index (χ0n) is 17.7. The molecular formula is C22H23F3N4O3. The molecule has 7 nitrogen and oxygen atoms in total. The van der Waals surface area contributed by atoms with Crippen molar-refractivity contribution in [2.45, 2.75) is 26.1 Å². The van der Waals surface area contributed by atoms with E-state index < -0.39 is 11.9 Å². The fraction of sp³-hybridized carbons (Fsp3) is 0.409. The van der Waals surface area contributed by atoms with Gasteiger partial charge in [0.15, 0.2) is 11.5 Å². The minimum absolute atomic E-state index is 0.138. The highest BCUT2D eigenvalue weighted by molar-refractivity contribution is 5.91. The number of nitrogens with one attached hydrogen (secondary N) is 1. The molecule has 1 fully saturated rings. The molecule has 0 amide bonds. The second-order valence-corrected chi connectivity index (χ2v) is 7.58. The smallest absolute Gasteiger partial charge is 0.433 e. The van der Waals surface area contributed by atoms with E-state index in [1.165, 1.54) is 6.07 Å². The molecule has 4 rings (SSSR count). The van der Waals surface area contributed by atoms with Crippen LogP contribution in [0.2, 0.25) is 0 Å². The van der Waals surface area contributed by atoms with Crippen LogP contribution in [0.5, 0.6) is 11.5 Å². The Morgan fingerprint density at radius 3 is 2.75 bits per heavy atom. The minimum Gasteiger partial charge on any atom is -0.493 e. The molecule has 1 saturated heterocycles. The zero-order valence-corrected chi connectivity index (χ0v) is 17.7. The Balaban J connectivity index is 1.61. The lowest BCUT2D eigenvalue weighted by Crippen LogP contribution is -2.12. The first-order valence-corrected chi connectivity index (χ1v) is 10.2. The van der Waals surface area contributed by atoms with E-state index in [-0.39, 0.29) is 6.54 Å². The standard InChI is InChI=1S/C22H23F3N4O3/c1-13-28-17-9-18(30-2)19(32-12-15-4-6-31-11-15)8-16(17)21(29-13)27-10-14-3-5-26-20(7-14)22(23,24)25/h3,5,7-9,15H,4,6,10-12H2,1-2H3,(H,27,28,29)/t15-/m0/s1. The number of fused-ring (bicyclic) bond motifs is 1. The summed E-state index contributed by atoms with van der Waals surface area (Å²) in [6.07, 6.45) is -2.41. The topological polar surface area (TPSA) is 78.4 Å². The number of alkyl halides is 3. The molecule has 3 heterocycles. The highest BCUT2D eigenvalue weighted by Gasteiger charge is 2.32. The molecule has 0 saturated carbocycles. The number of ether oxygens (including phenoxy) is 3. The lowest BCUT2D eigenvalue weighted by atomic mass is 10.1. The summed E-state index contributed by atoms with van der Waals surface area (Å²) in [4.78, 5) is 12.3. The van der Waals surface area contributed by atoms with Gasteiger partial charge in [0.2, 0.25) is 0 Å². The van der Waals surface area contributed by atoms with Crippen molar-refractivity contribution in [2.24, 2.45) is 5.92 Å². The van der Waals surface area contributed by atoms with Gasteiger partial charge in [0, 0.05) is 36.7 Å². The Labute approximate surface area is 182 Å². The molecule has 0 aliphatic carbocycles. The van der Waals surface area contributed by atoms with Gasteiger partial charge in [-0.15, -0.1) is 0 Å². The monoisotopic (exact) mass is 448 g/mol. The minimum atomic E-state index is -4.50. The normalized spacial score (nSPS) is 16.3. The second kappa shape index (κ2) is 9.15. The van der Waals surface area contributed by atoms with Crippen LogP contribution in [-0.2, 0) is 17.5 Å². The Morgan fingerprint density at radius 2 is 2.03 bits per heavy atom. The third-order valence-corrected chi connectivity index (χ3v) is 5.17. The van der Waals surface area contributed by atoms with Crippen molar-refractivity contribution in [3.8, 4) is 11.5 Å². The number of halogens is 3. The number of anilines is 1. The van der Waals surface area contributed by atoms with Crippen molar-refractivity contribution in [2.75, 3.05) is 32.2 Å². The number of aromatic nitrogens is 3. The number of hydrogen-bond donors (Lipinski definition) is 1. The van der Waals surface area contributed by atoms with Gasteiger partial charge in [0.05, 0.1) is 25.8 Å². The molecule has 10 heteroatoms. The summed E-state index contributed by atoms with van der Waals surface area (Å²) in [6.45, 7) is 3.77. The number of aryl methyl sites for hydroxylation is 1. The Morgan fingerprint density at radius 1 is 1.19 bits per heavy atom. The van der Waals surface area contributed by atoms with Crippen LogP contribution >= 0.6 is 0 Å². The summed E-state index contributed by atoms with van der Waals surface area (Å²) >= 11 is 0. The first-order chi connectivity index (χ1) is 15.3. The first kappa shape index (κ1) is 22.1. The third kappa shape index (κ3) is 5.01. The van der Waals surface area contributed by atoms with Crippen molar-refractivity contribution in [3.63, 3.8) is 0 Å².